The van der Waals surface area contributed by atoms with E-state index >= 15 is 0 Å². The highest BCUT2D eigenvalue weighted by atomic mass is 35.5. The van der Waals surface area contributed by atoms with E-state index in [2.05, 4.69) is 28.2 Å². The lowest BCUT2D eigenvalue weighted by molar-refractivity contribution is 1.40. The Morgan fingerprint density at radius 1 is 0.889 bits per heavy atom. The minimum absolute atomic E-state index is 0.743. The molecule has 3 heteroatoms. The van der Waals surface area contributed by atoms with Gasteiger partial charge in [0, 0.05) is 26.7 Å². The van der Waals surface area contributed by atoms with Crippen LogP contribution in [-0.2, 0) is 0 Å². The summed E-state index contributed by atoms with van der Waals surface area (Å²) in [4.78, 5) is 7.97. The van der Waals surface area contributed by atoms with Crippen LogP contribution in [0.1, 0.15) is 0 Å². The summed E-state index contributed by atoms with van der Waals surface area (Å²) in [5.74, 6) is 0. The number of aromatic nitrogens is 2. The van der Waals surface area contributed by atoms with E-state index in [1.54, 1.807) is 0 Å². The Kier molecular flexibility index (Phi) is 1.91. The Balaban J connectivity index is 2.28. The van der Waals surface area contributed by atoms with Crippen LogP contribution in [-0.4, -0.2) is 9.97 Å². The Bertz CT molecular complexity index is 893. The van der Waals surface area contributed by atoms with Gasteiger partial charge in [0.2, 0.25) is 0 Å². The van der Waals surface area contributed by atoms with Crippen molar-refractivity contribution in [1.82, 2.24) is 9.97 Å². The average molecular weight is 253 g/mol. The van der Waals surface area contributed by atoms with Gasteiger partial charge in [-0.05, 0) is 24.3 Å². The Morgan fingerprint density at radius 3 is 2.72 bits per heavy atom. The monoisotopic (exact) mass is 252 g/mol. The molecule has 4 aromatic rings. The molecule has 4 rings (SSSR count). The van der Waals surface area contributed by atoms with Crippen molar-refractivity contribution in [3.8, 4) is 0 Å². The Labute approximate surface area is 108 Å². The number of benzene rings is 2. The van der Waals surface area contributed by atoms with Gasteiger partial charge in [0.05, 0.1) is 5.52 Å². The van der Waals surface area contributed by atoms with Gasteiger partial charge in [0.25, 0.3) is 0 Å². The summed E-state index contributed by atoms with van der Waals surface area (Å²) in [5, 5.41) is 4.04. The molecule has 0 bridgehead atoms. The molecule has 18 heavy (non-hydrogen) atoms. The van der Waals surface area contributed by atoms with Gasteiger partial charge in [-0.25, -0.2) is 4.98 Å². The quantitative estimate of drug-likeness (QED) is 0.490. The summed E-state index contributed by atoms with van der Waals surface area (Å²) in [6, 6.07) is 16.1. The fourth-order valence-corrected chi connectivity index (χ4v) is 2.64. The molecule has 86 valence electrons. The number of nitrogens with one attached hydrogen (secondary N) is 1. The third-order valence-electron chi connectivity index (χ3n) is 3.28. The minimum atomic E-state index is 0.743. The first-order valence-electron chi connectivity index (χ1n) is 5.78. The lowest BCUT2D eigenvalue weighted by atomic mass is 10.1. The maximum atomic E-state index is 6.23. The van der Waals surface area contributed by atoms with Crippen molar-refractivity contribution in [2.24, 2.45) is 0 Å². The Morgan fingerprint density at radius 2 is 1.78 bits per heavy atom. The largest absolute Gasteiger partial charge is 0.339 e. The van der Waals surface area contributed by atoms with Crippen LogP contribution >= 0.6 is 11.6 Å². The first-order valence-corrected chi connectivity index (χ1v) is 6.16. The van der Waals surface area contributed by atoms with Gasteiger partial charge in [-0.2, -0.15) is 0 Å². The Hall–Kier alpha value is -2.06. The van der Waals surface area contributed by atoms with Crippen molar-refractivity contribution in [3.63, 3.8) is 0 Å². The van der Waals surface area contributed by atoms with Crippen molar-refractivity contribution < 1.29 is 0 Å². The van der Waals surface area contributed by atoms with E-state index in [0.717, 1.165) is 32.5 Å². The molecule has 2 nitrogen and oxygen atoms in total. The number of hydrogen-bond acceptors (Lipinski definition) is 1. The molecule has 2 aromatic carbocycles. The maximum absolute atomic E-state index is 6.23. The minimum Gasteiger partial charge on any atom is -0.339 e. The van der Waals surface area contributed by atoms with Crippen LogP contribution in [0.4, 0.5) is 0 Å². The molecule has 0 unspecified atom stereocenters. The van der Waals surface area contributed by atoms with Crippen molar-refractivity contribution in [2.75, 3.05) is 0 Å². The summed E-state index contributed by atoms with van der Waals surface area (Å²) in [7, 11) is 0. The van der Waals surface area contributed by atoms with Crippen LogP contribution in [0.5, 0.6) is 0 Å². The van der Waals surface area contributed by atoms with Crippen LogP contribution in [0.3, 0.4) is 0 Å². The molecule has 0 aliphatic rings. The number of fused-ring (bicyclic) bond motifs is 4. The maximum Gasteiger partial charge on any atom is 0.139 e. The molecule has 0 aliphatic heterocycles. The molecule has 0 spiro atoms. The third kappa shape index (κ3) is 1.27. The van der Waals surface area contributed by atoms with E-state index in [-0.39, 0.29) is 0 Å². The van der Waals surface area contributed by atoms with E-state index in [0.29, 0.717) is 0 Å². The molecule has 0 amide bonds. The molecule has 0 saturated heterocycles. The highest BCUT2D eigenvalue weighted by Crippen LogP contribution is 2.30. The van der Waals surface area contributed by atoms with E-state index in [1.165, 1.54) is 5.39 Å². The van der Waals surface area contributed by atoms with Crippen LogP contribution in [0.2, 0.25) is 5.02 Å². The molecule has 0 saturated carbocycles. The number of hydrogen-bond donors (Lipinski definition) is 1. The van der Waals surface area contributed by atoms with Gasteiger partial charge in [0.1, 0.15) is 5.65 Å². The van der Waals surface area contributed by atoms with E-state index in [1.807, 2.05) is 30.3 Å². The number of rotatable bonds is 0. The number of halogens is 1. The smallest absolute Gasteiger partial charge is 0.139 e. The number of pyridine rings is 1. The first-order chi connectivity index (χ1) is 8.83. The van der Waals surface area contributed by atoms with Gasteiger partial charge < -0.3 is 4.98 Å². The second-order valence-electron chi connectivity index (χ2n) is 4.36. The predicted octanol–water partition coefficient (Wildman–Crippen LogP) is 4.52. The van der Waals surface area contributed by atoms with Gasteiger partial charge >= 0.3 is 0 Å². The predicted molar refractivity (Wildman–Crippen MR) is 76.1 cm³/mol. The normalized spacial score (nSPS) is 11.6. The number of para-hydroxylation sites is 1. The highest BCUT2D eigenvalue weighted by Gasteiger charge is 2.07. The van der Waals surface area contributed by atoms with E-state index in [4.69, 9.17) is 11.6 Å². The number of nitrogens with zero attached hydrogens (tertiary/aromatic N) is 1. The number of H-pyrrole nitrogens is 1. The molecule has 1 N–H and O–H groups in total. The summed E-state index contributed by atoms with van der Waals surface area (Å²) in [6.45, 7) is 0. The lowest BCUT2D eigenvalue weighted by Gasteiger charge is -1.99. The molecule has 0 aliphatic carbocycles. The van der Waals surface area contributed by atoms with Crippen molar-refractivity contribution >= 4 is 44.4 Å². The summed E-state index contributed by atoms with van der Waals surface area (Å²) in [5.41, 5.74) is 2.93. The second-order valence-corrected chi connectivity index (χ2v) is 4.77. The standard InChI is InChI=1S/C15H9ClN2/c16-12-5-3-7-14-11(12)8-10-9-4-1-2-6-13(9)17-15(10)18-14/h1-8H,(H,17,18). The summed E-state index contributed by atoms with van der Waals surface area (Å²) >= 11 is 6.23. The third-order valence-corrected chi connectivity index (χ3v) is 3.61. The summed E-state index contributed by atoms with van der Waals surface area (Å²) in [6.07, 6.45) is 0. The SMILES string of the molecule is Clc1cccc2nc3[nH]c4ccccc4c3cc12. The molecule has 0 fully saturated rings. The molecule has 0 atom stereocenters. The van der Waals surface area contributed by atoms with E-state index < -0.39 is 0 Å². The van der Waals surface area contributed by atoms with Gasteiger partial charge in [0.15, 0.2) is 0 Å². The molecular weight excluding hydrogens is 244 g/mol. The molecular formula is C15H9ClN2. The van der Waals surface area contributed by atoms with Gasteiger partial charge in [-0.1, -0.05) is 35.9 Å². The number of aromatic amines is 1. The topological polar surface area (TPSA) is 28.7 Å². The fourth-order valence-electron chi connectivity index (χ4n) is 2.41. The van der Waals surface area contributed by atoms with Crippen LogP contribution in [0.25, 0.3) is 32.8 Å². The molecule has 2 heterocycles. The lowest BCUT2D eigenvalue weighted by Crippen LogP contribution is -1.81. The van der Waals surface area contributed by atoms with Gasteiger partial charge in [-0.15, -0.1) is 0 Å². The second kappa shape index (κ2) is 3.47. The zero-order valence-corrected chi connectivity index (χ0v) is 10.2. The molecule has 2 aromatic heterocycles. The zero-order chi connectivity index (χ0) is 12.1. The van der Waals surface area contributed by atoms with Gasteiger partial charge in [-0.3, -0.25) is 0 Å². The van der Waals surface area contributed by atoms with E-state index in [9.17, 15) is 0 Å². The highest BCUT2D eigenvalue weighted by molar-refractivity contribution is 6.35. The average Bonchev–Trinajstić information content (AvgIpc) is 2.75. The van der Waals surface area contributed by atoms with Crippen LogP contribution in [0, 0.1) is 0 Å². The zero-order valence-electron chi connectivity index (χ0n) is 9.44. The van der Waals surface area contributed by atoms with Crippen molar-refractivity contribution in [3.05, 3.63) is 53.6 Å². The fraction of sp³-hybridized carbons (Fsp3) is 0. The van der Waals surface area contributed by atoms with Crippen LogP contribution < -0.4 is 0 Å². The summed E-state index contributed by atoms with van der Waals surface area (Å²) < 4.78 is 0. The van der Waals surface area contributed by atoms with Crippen molar-refractivity contribution in [1.29, 1.82) is 0 Å². The van der Waals surface area contributed by atoms with Crippen molar-refractivity contribution in [2.45, 2.75) is 0 Å². The van der Waals surface area contributed by atoms with Crippen LogP contribution in [0.15, 0.2) is 48.5 Å². The molecule has 0 radical (unpaired) electrons. The first kappa shape index (κ1) is 9.92.